The zero-order valence-electron chi connectivity index (χ0n) is 7.87. The molecule has 0 aliphatic rings. The number of aromatic nitrogens is 4. The molecular weight excluding hydrogens is 208 g/mol. The van der Waals surface area contributed by atoms with E-state index in [1.54, 1.807) is 22.3 Å². The topological polar surface area (TPSA) is 43.6 Å². The summed E-state index contributed by atoms with van der Waals surface area (Å²) in [6.45, 7) is 0.694. The fraction of sp³-hybridized carbons (Fsp3) is 0.100. The maximum absolute atomic E-state index is 4.52. The fourth-order valence-electron chi connectivity index (χ4n) is 1.44. The van der Waals surface area contributed by atoms with Crippen molar-refractivity contribution in [2.75, 3.05) is 0 Å². The van der Waals surface area contributed by atoms with Crippen LogP contribution in [-0.4, -0.2) is 19.7 Å². The lowest BCUT2D eigenvalue weighted by Crippen LogP contribution is -1.98. The number of hydrogen-bond acceptors (Lipinski definition) is 4. The molecule has 0 amide bonds. The van der Waals surface area contributed by atoms with Gasteiger partial charge in [0, 0.05) is 0 Å². The largest absolute Gasteiger partial charge is 0.246 e. The maximum Gasteiger partial charge on any atom is 0.137 e. The summed E-state index contributed by atoms with van der Waals surface area (Å²) >= 11 is 1.70. The van der Waals surface area contributed by atoms with E-state index in [9.17, 15) is 0 Å². The summed E-state index contributed by atoms with van der Waals surface area (Å²) < 4.78 is 2.99. The van der Waals surface area contributed by atoms with Crippen LogP contribution in [0.3, 0.4) is 0 Å². The molecule has 3 aromatic rings. The Balaban J connectivity index is 1.98. The number of para-hydroxylation sites is 1. The molecule has 2 aromatic heterocycles. The van der Waals surface area contributed by atoms with Gasteiger partial charge in [0.05, 0.1) is 16.8 Å². The Kier molecular flexibility index (Phi) is 1.96. The van der Waals surface area contributed by atoms with E-state index in [2.05, 4.69) is 21.1 Å². The number of hydrogen-bond donors (Lipinski definition) is 0. The van der Waals surface area contributed by atoms with Gasteiger partial charge in [0.2, 0.25) is 0 Å². The van der Waals surface area contributed by atoms with Gasteiger partial charge in [-0.25, -0.2) is 14.6 Å². The molecule has 2 heterocycles. The fourth-order valence-corrected chi connectivity index (χ4v) is 2.40. The van der Waals surface area contributed by atoms with E-state index in [1.165, 1.54) is 11.0 Å². The smallest absolute Gasteiger partial charge is 0.137 e. The first-order valence-electron chi connectivity index (χ1n) is 4.59. The van der Waals surface area contributed by atoms with Gasteiger partial charge >= 0.3 is 0 Å². The molecule has 15 heavy (non-hydrogen) atoms. The minimum absolute atomic E-state index is 0.694. The second kappa shape index (κ2) is 3.43. The second-order valence-corrected chi connectivity index (χ2v) is 4.28. The minimum atomic E-state index is 0.694. The Hall–Kier alpha value is -1.75. The first-order valence-corrected chi connectivity index (χ1v) is 5.40. The van der Waals surface area contributed by atoms with Gasteiger partial charge in [0.15, 0.2) is 0 Å². The standard InChI is InChI=1S/C10H8N4S/c1-2-4-9-8(3-1)13-10(15-9)5-14-7-11-6-12-14/h1-4,6-7H,5H2. The van der Waals surface area contributed by atoms with E-state index in [1.807, 2.05) is 18.2 Å². The third-order valence-electron chi connectivity index (χ3n) is 2.10. The molecule has 74 valence electrons. The van der Waals surface area contributed by atoms with Crippen LogP contribution in [0.25, 0.3) is 10.2 Å². The van der Waals surface area contributed by atoms with Gasteiger partial charge in [-0.2, -0.15) is 5.10 Å². The van der Waals surface area contributed by atoms with E-state index in [0.717, 1.165) is 10.5 Å². The maximum atomic E-state index is 4.52. The van der Waals surface area contributed by atoms with E-state index in [-0.39, 0.29) is 0 Å². The van der Waals surface area contributed by atoms with Crippen LogP contribution in [0, 0.1) is 0 Å². The van der Waals surface area contributed by atoms with Crippen molar-refractivity contribution in [1.29, 1.82) is 0 Å². The molecule has 0 unspecified atom stereocenters. The van der Waals surface area contributed by atoms with Crippen LogP contribution in [0.15, 0.2) is 36.9 Å². The Labute approximate surface area is 90.2 Å². The van der Waals surface area contributed by atoms with Crippen LogP contribution in [0.2, 0.25) is 0 Å². The van der Waals surface area contributed by atoms with Crippen LogP contribution >= 0.6 is 11.3 Å². The predicted octanol–water partition coefficient (Wildman–Crippen LogP) is 1.94. The number of thiazole rings is 1. The number of benzene rings is 1. The third-order valence-corrected chi connectivity index (χ3v) is 3.12. The van der Waals surface area contributed by atoms with Crippen molar-refractivity contribution in [1.82, 2.24) is 19.7 Å². The summed E-state index contributed by atoms with van der Waals surface area (Å²) in [5, 5.41) is 5.11. The molecule has 0 spiro atoms. The van der Waals surface area contributed by atoms with Crippen molar-refractivity contribution < 1.29 is 0 Å². The van der Waals surface area contributed by atoms with Gasteiger partial charge in [0.25, 0.3) is 0 Å². The average molecular weight is 216 g/mol. The normalized spacial score (nSPS) is 10.9. The second-order valence-electron chi connectivity index (χ2n) is 3.17. The summed E-state index contributed by atoms with van der Waals surface area (Å²) in [6.07, 6.45) is 3.24. The first kappa shape index (κ1) is 8.55. The molecule has 0 aliphatic heterocycles. The van der Waals surface area contributed by atoms with Gasteiger partial charge in [-0.1, -0.05) is 12.1 Å². The Morgan fingerprint density at radius 2 is 2.20 bits per heavy atom. The number of nitrogens with zero attached hydrogens (tertiary/aromatic N) is 4. The van der Waals surface area contributed by atoms with Crippen molar-refractivity contribution >= 4 is 21.6 Å². The van der Waals surface area contributed by atoms with Crippen LogP contribution in [-0.2, 0) is 6.54 Å². The highest BCUT2D eigenvalue weighted by Crippen LogP contribution is 2.21. The zero-order chi connectivity index (χ0) is 10.1. The van der Waals surface area contributed by atoms with E-state index < -0.39 is 0 Å². The number of rotatable bonds is 2. The first-order chi connectivity index (χ1) is 7.42. The highest BCUT2D eigenvalue weighted by molar-refractivity contribution is 7.18. The van der Waals surface area contributed by atoms with Crippen molar-refractivity contribution in [3.05, 3.63) is 41.9 Å². The molecule has 5 heteroatoms. The van der Waals surface area contributed by atoms with Gasteiger partial charge in [-0.05, 0) is 12.1 Å². The van der Waals surface area contributed by atoms with Crippen LogP contribution < -0.4 is 0 Å². The van der Waals surface area contributed by atoms with Crippen molar-refractivity contribution in [2.24, 2.45) is 0 Å². The quantitative estimate of drug-likeness (QED) is 0.657. The molecule has 0 bridgehead atoms. The molecule has 0 N–H and O–H groups in total. The van der Waals surface area contributed by atoms with E-state index in [4.69, 9.17) is 0 Å². The summed E-state index contributed by atoms with van der Waals surface area (Å²) in [4.78, 5) is 8.42. The van der Waals surface area contributed by atoms with Crippen molar-refractivity contribution in [2.45, 2.75) is 6.54 Å². The SMILES string of the molecule is c1ccc2sc(Cn3cncn3)nc2c1. The molecular formula is C10H8N4S. The highest BCUT2D eigenvalue weighted by Gasteiger charge is 2.03. The lowest BCUT2D eigenvalue weighted by atomic mass is 10.3. The Morgan fingerprint density at radius 1 is 1.27 bits per heavy atom. The molecule has 4 nitrogen and oxygen atoms in total. The molecule has 0 saturated heterocycles. The van der Waals surface area contributed by atoms with Crippen LogP contribution in [0.1, 0.15) is 5.01 Å². The Morgan fingerprint density at radius 3 is 3.00 bits per heavy atom. The van der Waals surface area contributed by atoms with Gasteiger partial charge in [-0.15, -0.1) is 11.3 Å². The lowest BCUT2D eigenvalue weighted by Gasteiger charge is -1.93. The lowest BCUT2D eigenvalue weighted by molar-refractivity contribution is 0.682. The Bertz CT molecular complexity index is 537. The summed E-state index contributed by atoms with van der Waals surface area (Å²) in [7, 11) is 0. The summed E-state index contributed by atoms with van der Waals surface area (Å²) in [5.74, 6) is 0. The molecule has 0 aliphatic carbocycles. The monoisotopic (exact) mass is 216 g/mol. The zero-order valence-corrected chi connectivity index (χ0v) is 8.68. The molecule has 0 radical (unpaired) electrons. The molecule has 0 saturated carbocycles. The van der Waals surface area contributed by atoms with Crippen LogP contribution in [0.4, 0.5) is 0 Å². The third kappa shape index (κ3) is 1.61. The molecule has 0 fully saturated rings. The molecule has 1 aromatic carbocycles. The average Bonchev–Trinajstić information content (AvgIpc) is 2.86. The number of fused-ring (bicyclic) bond motifs is 1. The van der Waals surface area contributed by atoms with Gasteiger partial charge in [0.1, 0.15) is 17.7 Å². The van der Waals surface area contributed by atoms with Gasteiger partial charge < -0.3 is 0 Å². The van der Waals surface area contributed by atoms with Crippen molar-refractivity contribution in [3.8, 4) is 0 Å². The van der Waals surface area contributed by atoms with Crippen LogP contribution in [0.5, 0.6) is 0 Å². The van der Waals surface area contributed by atoms with Gasteiger partial charge in [-0.3, -0.25) is 0 Å². The van der Waals surface area contributed by atoms with E-state index in [0.29, 0.717) is 6.54 Å². The van der Waals surface area contributed by atoms with E-state index >= 15 is 0 Å². The molecule has 3 rings (SSSR count). The minimum Gasteiger partial charge on any atom is -0.246 e. The highest BCUT2D eigenvalue weighted by atomic mass is 32.1. The summed E-state index contributed by atoms with van der Waals surface area (Å²) in [6, 6.07) is 8.13. The molecule has 0 atom stereocenters. The predicted molar refractivity (Wildman–Crippen MR) is 58.7 cm³/mol. The van der Waals surface area contributed by atoms with Crippen molar-refractivity contribution in [3.63, 3.8) is 0 Å². The summed E-state index contributed by atoms with van der Waals surface area (Å²) in [5.41, 5.74) is 1.05.